The molecule has 1 fully saturated rings. The van der Waals surface area contributed by atoms with Crippen LogP contribution in [0.1, 0.15) is 18.5 Å². The number of nitrogens with one attached hydrogen (secondary N) is 2. The second-order valence-corrected chi connectivity index (χ2v) is 9.93. The van der Waals surface area contributed by atoms with E-state index in [1.165, 1.54) is 11.3 Å². The van der Waals surface area contributed by atoms with Gasteiger partial charge in [-0.15, -0.1) is 22.7 Å². The number of rotatable bonds is 6. The number of carbonyl (C=O) groups is 1. The highest BCUT2D eigenvalue weighted by molar-refractivity contribution is 7.18. The van der Waals surface area contributed by atoms with Gasteiger partial charge in [-0.05, 0) is 25.3 Å². The van der Waals surface area contributed by atoms with Crippen molar-refractivity contribution < 1.29 is 9.32 Å². The first-order chi connectivity index (χ1) is 16.0. The molecule has 0 saturated carbocycles. The van der Waals surface area contributed by atoms with Gasteiger partial charge in [0, 0.05) is 48.1 Å². The molecular weight excluding hydrogens is 460 g/mol. The van der Waals surface area contributed by atoms with E-state index in [-0.39, 0.29) is 17.5 Å². The van der Waals surface area contributed by atoms with Gasteiger partial charge in [-0.3, -0.25) is 19.4 Å². The molecule has 1 aliphatic heterocycles. The number of thiophene rings is 2. The summed E-state index contributed by atoms with van der Waals surface area (Å²) in [5, 5.41) is 11.3. The van der Waals surface area contributed by atoms with Gasteiger partial charge in [-0.25, -0.2) is 4.98 Å². The van der Waals surface area contributed by atoms with E-state index in [0.29, 0.717) is 29.3 Å². The van der Waals surface area contributed by atoms with E-state index in [1.807, 2.05) is 29.8 Å². The molecule has 172 valence electrons. The van der Waals surface area contributed by atoms with Crippen LogP contribution < -0.4 is 10.9 Å². The van der Waals surface area contributed by atoms with Crippen molar-refractivity contribution in [2.24, 2.45) is 0 Å². The minimum absolute atomic E-state index is 0.0910. The fraction of sp³-hybridized carbons (Fsp3) is 0.364. The largest absolute Gasteiger partial charge is 0.360 e. The summed E-state index contributed by atoms with van der Waals surface area (Å²) in [6, 6.07) is 5.43. The molecule has 0 bridgehead atoms. The Morgan fingerprint density at radius 2 is 2.12 bits per heavy atom. The predicted octanol–water partition coefficient (Wildman–Crippen LogP) is 3.15. The Hall–Kier alpha value is -2.86. The van der Waals surface area contributed by atoms with Crippen LogP contribution in [0.25, 0.3) is 20.7 Å². The third-order valence-corrected chi connectivity index (χ3v) is 7.64. The molecule has 9 nitrogen and oxygen atoms in total. The van der Waals surface area contributed by atoms with Crippen LogP contribution in [0.5, 0.6) is 0 Å². The summed E-state index contributed by atoms with van der Waals surface area (Å²) in [6.07, 6.45) is 0. The average molecular weight is 485 g/mol. The maximum atomic E-state index is 12.8. The predicted molar refractivity (Wildman–Crippen MR) is 130 cm³/mol. The smallest absolute Gasteiger partial charge is 0.260 e. The molecule has 11 heteroatoms. The molecule has 1 atom stereocenters. The van der Waals surface area contributed by atoms with E-state index in [4.69, 9.17) is 9.51 Å². The summed E-state index contributed by atoms with van der Waals surface area (Å²) in [5.41, 5.74) is 0.860. The Morgan fingerprint density at radius 1 is 1.30 bits per heavy atom. The zero-order valence-corrected chi connectivity index (χ0v) is 20.0. The Morgan fingerprint density at radius 3 is 2.82 bits per heavy atom. The van der Waals surface area contributed by atoms with Gasteiger partial charge in [0.2, 0.25) is 5.91 Å². The SMILES string of the molecule is Cc1cc(NC(=O)C(C)N2CCN(Cc3nc4scc(-c5cccs5)c4c(=O)[nH]3)CC2)no1. The number of fused-ring (bicyclic) bond motifs is 1. The zero-order valence-electron chi connectivity index (χ0n) is 18.3. The monoisotopic (exact) mass is 484 g/mol. The maximum Gasteiger partial charge on any atom is 0.260 e. The number of H-pyrrole nitrogens is 1. The van der Waals surface area contributed by atoms with Gasteiger partial charge < -0.3 is 14.8 Å². The van der Waals surface area contributed by atoms with Gasteiger partial charge in [0.1, 0.15) is 16.4 Å². The minimum atomic E-state index is -0.278. The molecule has 4 aromatic rings. The lowest BCUT2D eigenvalue weighted by molar-refractivity contribution is -0.121. The fourth-order valence-corrected chi connectivity index (χ4v) is 5.81. The molecule has 1 amide bonds. The molecule has 33 heavy (non-hydrogen) atoms. The van der Waals surface area contributed by atoms with E-state index in [9.17, 15) is 9.59 Å². The number of hydrogen-bond donors (Lipinski definition) is 2. The first kappa shape index (κ1) is 22.0. The van der Waals surface area contributed by atoms with E-state index in [0.717, 1.165) is 41.5 Å². The highest BCUT2D eigenvalue weighted by Crippen LogP contribution is 2.33. The fourth-order valence-electron chi connectivity index (χ4n) is 4.02. The van der Waals surface area contributed by atoms with Gasteiger partial charge in [-0.2, -0.15) is 0 Å². The summed E-state index contributed by atoms with van der Waals surface area (Å²) in [4.78, 5) is 39.3. The van der Waals surface area contributed by atoms with Crippen LogP contribution in [0, 0.1) is 6.92 Å². The number of amides is 1. The number of nitrogens with zero attached hydrogens (tertiary/aromatic N) is 4. The molecule has 5 heterocycles. The lowest BCUT2D eigenvalue weighted by Gasteiger charge is -2.37. The summed E-state index contributed by atoms with van der Waals surface area (Å²) in [6.45, 7) is 7.32. The van der Waals surface area contributed by atoms with E-state index < -0.39 is 0 Å². The number of aromatic amines is 1. The molecule has 2 N–H and O–H groups in total. The lowest BCUT2D eigenvalue weighted by atomic mass is 10.2. The van der Waals surface area contributed by atoms with Crippen LogP contribution in [0.2, 0.25) is 0 Å². The van der Waals surface area contributed by atoms with Crippen molar-refractivity contribution in [3.05, 3.63) is 50.9 Å². The highest BCUT2D eigenvalue weighted by atomic mass is 32.1. The normalized spacial score (nSPS) is 16.3. The van der Waals surface area contributed by atoms with E-state index in [2.05, 4.69) is 25.3 Å². The highest BCUT2D eigenvalue weighted by Gasteiger charge is 2.26. The van der Waals surface area contributed by atoms with Gasteiger partial charge in [0.15, 0.2) is 5.82 Å². The first-order valence-corrected chi connectivity index (χ1v) is 12.5. The van der Waals surface area contributed by atoms with Gasteiger partial charge >= 0.3 is 0 Å². The number of piperazine rings is 1. The number of aryl methyl sites for hydroxylation is 1. The molecule has 1 saturated heterocycles. The summed E-state index contributed by atoms with van der Waals surface area (Å²) < 4.78 is 5.00. The third kappa shape index (κ3) is 4.62. The lowest BCUT2D eigenvalue weighted by Crippen LogP contribution is -2.52. The topological polar surface area (TPSA) is 107 Å². The molecule has 4 aromatic heterocycles. The maximum absolute atomic E-state index is 12.8. The molecule has 5 rings (SSSR count). The van der Waals surface area contributed by atoms with Crippen LogP contribution in [-0.4, -0.2) is 63.1 Å². The van der Waals surface area contributed by atoms with Crippen LogP contribution >= 0.6 is 22.7 Å². The van der Waals surface area contributed by atoms with E-state index >= 15 is 0 Å². The van der Waals surface area contributed by atoms with Gasteiger partial charge in [0.25, 0.3) is 5.56 Å². The van der Waals surface area contributed by atoms with Crippen molar-refractivity contribution in [2.45, 2.75) is 26.4 Å². The van der Waals surface area contributed by atoms with Crippen molar-refractivity contribution in [3.8, 4) is 10.4 Å². The standard InChI is InChI=1S/C22H24N6O3S2/c1-13-10-17(26-31-13)23-20(29)14(2)28-7-5-27(6-8-28)11-18-24-21(30)19-15(12-33-22(19)25-18)16-4-3-9-32-16/h3-4,9-10,12,14H,5-8,11H2,1-2H3,(H,23,26,29)(H,24,25,30). The van der Waals surface area contributed by atoms with Gasteiger partial charge in [0.05, 0.1) is 18.0 Å². The summed E-state index contributed by atoms with van der Waals surface area (Å²) in [7, 11) is 0. The van der Waals surface area contributed by atoms with E-state index in [1.54, 1.807) is 24.3 Å². The molecule has 1 unspecified atom stereocenters. The van der Waals surface area contributed by atoms with Gasteiger partial charge in [-0.1, -0.05) is 11.2 Å². The molecular formula is C22H24N6O3S2. The first-order valence-electron chi connectivity index (χ1n) is 10.7. The molecule has 0 aliphatic carbocycles. The number of hydrogen-bond acceptors (Lipinski definition) is 9. The third-order valence-electron chi connectivity index (χ3n) is 5.87. The molecule has 1 aliphatic rings. The van der Waals surface area contributed by atoms with Crippen molar-refractivity contribution >= 4 is 44.6 Å². The van der Waals surface area contributed by atoms with Crippen molar-refractivity contribution in [2.75, 3.05) is 31.5 Å². The zero-order chi connectivity index (χ0) is 22.9. The Kier molecular flexibility index (Phi) is 6.11. The van der Waals surface area contributed by atoms with Crippen molar-refractivity contribution in [3.63, 3.8) is 0 Å². The Balaban J connectivity index is 1.20. The number of anilines is 1. The van der Waals surface area contributed by atoms with Crippen LogP contribution in [0.3, 0.4) is 0 Å². The summed E-state index contributed by atoms with van der Waals surface area (Å²) >= 11 is 3.12. The average Bonchev–Trinajstić information content (AvgIpc) is 3.55. The Labute approximate surface area is 198 Å². The Bertz CT molecular complexity index is 1320. The van der Waals surface area contributed by atoms with Crippen molar-refractivity contribution in [1.82, 2.24) is 24.9 Å². The van der Waals surface area contributed by atoms with Crippen LogP contribution in [0.15, 0.2) is 38.3 Å². The van der Waals surface area contributed by atoms with Crippen molar-refractivity contribution in [1.29, 1.82) is 0 Å². The molecule has 0 spiro atoms. The second kappa shape index (κ2) is 9.18. The second-order valence-electron chi connectivity index (χ2n) is 8.12. The number of aromatic nitrogens is 3. The molecule has 0 radical (unpaired) electrons. The summed E-state index contributed by atoms with van der Waals surface area (Å²) in [5.74, 6) is 1.66. The molecule has 0 aromatic carbocycles. The number of carbonyl (C=O) groups excluding carboxylic acids is 1. The minimum Gasteiger partial charge on any atom is -0.360 e. The van der Waals surface area contributed by atoms with Crippen LogP contribution in [-0.2, 0) is 11.3 Å². The van der Waals surface area contributed by atoms with Crippen LogP contribution in [0.4, 0.5) is 5.82 Å². The quantitative estimate of drug-likeness (QED) is 0.433.